The van der Waals surface area contributed by atoms with Gasteiger partial charge >= 0.3 is 11.9 Å². The van der Waals surface area contributed by atoms with E-state index >= 15 is 0 Å². The molecule has 2 rings (SSSR count). The Morgan fingerprint density at radius 2 is 1.94 bits per heavy atom. The monoisotopic (exact) mass is 223 g/mol. The molecule has 4 nitrogen and oxygen atoms in total. The van der Waals surface area contributed by atoms with E-state index in [0.717, 1.165) is 19.3 Å². The summed E-state index contributed by atoms with van der Waals surface area (Å²) in [4.78, 5) is 22.5. The Morgan fingerprint density at radius 1 is 1.19 bits per heavy atom. The second-order valence-electron chi connectivity index (χ2n) is 4.48. The molecule has 0 aromatic carbocycles. The molecule has 2 saturated carbocycles. The Balaban J connectivity index is 1.93. The SMILES string of the molecule is [CH2]OC(=O)C1CC2CC1CC2OC(=O)C=C. The van der Waals surface area contributed by atoms with Crippen molar-refractivity contribution in [1.82, 2.24) is 0 Å². The lowest BCUT2D eigenvalue weighted by molar-refractivity contribution is -0.149. The fourth-order valence-electron chi connectivity index (χ4n) is 2.96. The minimum absolute atomic E-state index is 0.0515. The Bertz CT molecular complexity index is 323. The second kappa shape index (κ2) is 4.28. The first-order valence-corrected chi connectivity index (χ1v) is 5.44. The predicted molar refractivity (Wildman–Crippen MR) is 55.8 cm³/mol. The maximum atomic E-state index is 11.4. The number of fused-ring (bicyclic) bond motifs is 2. The van der Waals surface area contributed by atoms with E-state index in [1.54, 1.807) is 0 Å². The van der Waals surface area contributed by atoms with Crippen LogP contribution in [-0.4, -0.2) is 18.0 Å². The van der Waals surface area contributed by atoms with Crippen LogP contribution in [0.15, 0.2) is 12.7 Å². The zero-order valence-corrected chi connectivity index (χ0v) is 9.06. The molecule has 0 N–H and O–H groups in total. The van der Waals surface area contributed by atoms with Gasteiger partial charge in [-0.15, -0.1) is 0 Å². The Morgan fingerprint density at radius 3 is 2.44 bits per heavy atom. The van der Waals surface area contributed by atoms with Crippen molar-refractivity contribution < 1.29 is 19.1 Å². The molecule has 2 bridgehead atoms. The van der Waals surface area contributed by atoms with Crippen molar-refractivity contribution in [2.24, 2.45) is 17.8 Å². The summed E-state index contributed by atoms with van der Waals surface area (Å²) in [5.74, 6) is -0.101. The fraction of sp³-hybridized carbons (Fsp3) is 0.583. The largest absolute Gasteiger partial charge is 0.462 e. The topological polar surface area (TPSA) is 52.6 Å². The molecule has 0 aliphatic heterocycles. The average molecular weight is 223 g/mol. The van der Waals surface area contributed by atoms with Crippen molar-refractivity contribution >= 4 is 11.9 Å². The van der Waals surface area contributed by atoms with Gasteiger partial charge in [-0.1, -0.05) is 6.58 Å². The van der Waals surface area contributed by atoms with Gasteiger partial charge in [-0.25, -0.2) is 4.79 Å². The molecule has 2 aliphatic rings. The van der Waals surface area contributed by atoms with Gasteiger partial charge in [0.2, 0.25) is 0 Å². The van der Waals surface area contributed by atoms with E-state index < -0.39 is 0 Å². The third kappa shape index (κ3) is 1.84. The van der Waals surface area contributed by atoms with Gasteiger partial charge in [0.1, 0.15) is 13.2 Å². The average Bonchev–Trinajstić information content (AvgIpc) is 2.87. The summed E-state index contributed by atoms with van der Waals surface area (Å²) >= 11 is 0. The van der Waals surface area contributed by atoms with Gasteiger partial charge in [0, 0.05) is 6.08 Å². The molecule has 1 radical (unpaired) electrons. The molecule has 0 aromatic rings. The van der Waals surface area contributed by atoms with Crippen LogP contribution in [-0.2, 0) is 19.1 Å². The summed E-state index contributed by atoms with van der Waals surface area (Å²) in [6.45, 7) is 3.36. The number of carbonyl (C=O) groups excluding carboxylic acids is 2. The van der Waals surface area contributed by atoms with E-state index in [4.69, 9.17) is 4.74 Å². The molecule has 4 heteroatoms. The summed E-state index contributed by atoms with van der Waals surface area (Å²) in [5.41, 5.74) is 0. The first kappa shape index (κ1) is 11.2. The van der Waals surface area contributed by atoms with Crippen molar-refractivity contribution in [2.75, 3.05) is 0 Å². The highest BCUT2D eigenvalue weighted by atomic mass is 16.5. The summed E-state index contributed by atoms with van der Waals surface area (Å²) in [6.07, 6.45) is 3.56. The Kier molecular flexibility index (Phi) is 2.99. The van der Waals surface area contributed by atoms with Gasteiger partial charge in [-0.3, -0.25) is 4.79 Å². The highest BCUT2D eigenvalue weighted by molar-refractivity contribution is 5.81. The van der Waals surface area contributed by atoms with Crippen LogP contribution in [0.4, 0.5) is 0 Å². The molecule has 2 aliphatic carbocycles. The normalized spacial score (nSPS) is 35.8. The molecule has 0 heterocycles. The minimum Gasteiger partial charge on any atom is -0.462 e. The molecule has 0 saturated heterocycles. The minimum atomic E-state index is -0.381. The quantitative estimate of drug-likeness (QED) is 0.537. The highest BCUT2D eigenvalue weighted by Crippen LogP contribution is 2.50. The van der Waals surface area contributed by atoms with Gasteiger partial charge in [-0.05, 0) is 31.1 Å². The van der Waals surface area contributed by atoms with Gasteiger partial charge < -0.3 is 9.47 Å². The maximum absolute atomic E-state index is 11.4. The van der Waals surface area contributed by atoms with Crippen LogP contribution >= 0.6 is 0 Å². The first-order valence-electron chi connectivity index (χ1n) is 5.44. The summed E-state index contributed by atoms with van der Waals surface area (Å²) in [6, 6.07) is 0. The summed E-state index contributed by atoms with van der Waals surface area (Å²) < 4.78 is 9.74. The fourth-order valence-corrected chi connectivity index (χ4v) is 2.96. The van der Waals surface area contributed by atoms with E-state index in [2.05, 4.69) is 18.4 Å². The Labute approximate surface area is 94.6 Å². The van der Waals surface area contributed by atoms with Crippen LogP contribution in [0.2, 0.25) is 0 Å². The molecule has 87 valence electrons. The second-order valence-corrected chi connectivity index (χ2v) is 4.48. The molecule has 0 amide bonds. The number of esters is 2. The van der Waals surface area contributed by atoms with Crippen LogP contribution < -0.4 is 0 Å². The van der Waals surface area contributed by atoms with E-state index in [1.165, 1.54) is 6.08 Å². The number of hydrogen-bond donors (Lipinski definition) is 0. The highest BCUT2D eigenvalue weighted by Gasteiger charge is 2.50. The van der Waals surface area contributed by atoms with Gasteiger partial charge in [0.15, 0.2) is 0 Å². The molecule has 0 spiro atoms. The first-order chi connectivity index (χ1) is 7.65. The third-order valence-electron chi connectivity index (χ3n) is 3.67. The van der Waals surface area contributed by atoms with Crippen molar-refractivity contribution in [2.45, 2.75) is 25.4 Å². The molecule has 0 aromatic heterocycles. The summed E-state index contributed by atoms with van der Waals surface area (Å²) in [5, 5.41) is 0. The van der Waals surface area contributed by atoms with Crippen molar-refractivity contribution in [3.05, 3.63) is 19.8 Å². The molecular formula is C12H15O4. The smallest absolute Gasteiger partial charge is 0.330 e. The summed E-state index contributed by atoms with van der Waals surface area (Å²) in [7, 11) is 3.15. The predicted octanol–water partition coefficient (Wildman–Crippen LogP) is 1.47. The van der Waals surface area contributed by atoms with Crippen molar-refractivity contribution in [1.29, 1.82) is 0 Å². The molecule has 4 unspecified atom stereocenters. The zero-order valence-electron chi connectivity index (χ0n) is 9.06. The molecule has 4 atom stereocenters. The van der Waals surface area contributed by atoms with Crippen molar-refractivity contribution in [3.63, 3.8) is 0 Å². The van der Waals surface area contributed by atoms with E-state index in [0.29, 0.717) is 0 Å². The zero-order chi connectivity index (χ0) is 11.7. The van der Waals surface area contributed by atoms with Crippen LogP contribution in [0.3, 0.4) is 0 Å². The number of carbonyl (C=O) groups is 2. The number of ether oxygens (including phenoxy) is 2. The van der Waals surface area contributed by atoms with Crippen LogP contribution in [0.1, 0.15) is 19.3 Å². The van der Waals surface area contributed by atoms with Gasteiger partial charge in [-0.2, -0.15) is 0 Å². The lowest BCUT2D eigenvalue weighted by Crippen LogP contribution is -2.30. The van der Waals surface area contributed by atoms with E-state index in [-0.39, 0.29) is 35.8 Å². The van der Waals surface area contributed by atoms with Crippen LogP contribution in [0, 0.1) is 24.9 Å². The molecular weight excluding hydrogens is 208 g/mol. The number of rotatable bonds is 3. The van der Waals surface area contributed by atoms with E-state index in [9.17, 15) is 9.59 Å². The molecule has 2 fully saturated rings. The molecule has 16 heavy (non-hydrogen) atoms. The number of hydrogen-bond acceptors (Lipinski definition) is 4. The van der Waals surface area contributed by atoms with Gasteiger partial charge in [0.25, 0.3) is 0 Å². The Hall–Kier alpha value is -1.32. The van der Waals surface area contributed by atoms with Gasteiger partial charge in [0.05, 0.1) is 5.92 Å². The van der Waals surface area contributed by atoms with Crippen LogP contribution in [0.5, 0.6) is 0 Å². The lowest BCUT2D eigenvalue weighted by Gasteiger charge is -2.25. The standard InChI is InChI=1S/C12H15O4/c1-3-11(13)16-10-6-7-4-8(10)5-9(7)12(14)15-2/h3,7-10H,1-2,4-6H2. The lowest BCUT2D eigenvalue weighted by atomic mass is 9.87. The van der Waals surface area contributed by atoms with Crippen molar-refractivity contribution in [3.8, 4) is 0 Å². The third-order valence-corrected chi connectivity index (χ3v) is 3.67. The maximum Gasteiger partial charge on any atom is 0.330 e. The van der Waals surface area contributed by atoms with Crippen LogP contribution in [0.25, 0.3) is 0 Å². The van der Waals surface area contributed by atoms with E-state index in [1.807, 2.05) is 0 Å².